The van der Waals surface area contributed by atoms with Crippen molar-refractivity contribution in [2.24, 2.45) is 0 Å². The minimum atomic E-state index is -0.121. The molecule has 2 aliphatic rings. The zero-order valence-electron chi connectivity index (χ0n) is 16.3. The van der Waals surface area contributed by atoms with Crippen molar-refractivity contribution in [3.05, 3.63) is 33.4 Å². The molecule has 10 heteroatoms. The maximum absolute atomic E-state index is 12.6. The smallest absolute Gasteiger partial charge is 0.318 e. The van der Waals surface area contributed by atoms with Crippen LogP contribution in [-0.2, 0) is 13.1 Å². The van der Waals surface area contributed by atoms with E-state index < -0.39 is 0 Å². The Morgan fingerprint density at radius 2 is 2.10 bits per heavy atom. The number of nitrogens with two attached hydrogens (primary N) is 1. The first kappa shape index (κ1) is 21.0. The third kappa shape index (κ3) is 4.26. The number of nitrogens with zero attached hydrogens (tertiary/aromatic N) is 3. The van der Waals surface area contributed by atoms with Gasteiger partial charge in [0.05, 0.1) is 41.7 Å². The van der Waals surface area contributed by atoms with E-state index in [2.05, 4.69) is 15.3 Å². The summed E-state index contributed by atoms with van der Waals surface area (Å²) in [5.41, 5.74) is 8.51. The second-order valence-corrected chi connectivity index (χ2v) is 8.32. The summed E-state index contributed by atoms with van der Waals surface area (Å²) in [7, 11) is 0. The number of anilines is 1. The van der Waals surface area contributed by atoms with E-state index in [4.69, 9.17) is 38.8 Å². The van der Waals surface area contributed by atoms with Crippen LogP contribution in [0.3, 0.4) is 0 Å². The molecule has 30 heavy (non-hydrogen) atoms. The number of carbonyl (C=O) groups excluding carboxylic acids is 1. The number of aliphatic hydroxyl groups excluding tert-OH is 1. The van der Waals surface area contributed by atoms with E-state index in [1.165, 1.54) is 0 Å². The van der Waals surface area contributed by atoms with Crippen molar-refractivity contribution >= 4 is 35.2 Å². The van der Waals surface area contributed by atoms with Gasteiger partial charge in [0.25, 0.3) is 0 Å². The van der Waals surface area contributed by atoms with Gasteiger partial charge >= 0.3 is 6.03 Å². The normalized spacial score (nSPS) is 15.6. The lowest BCUT2D eigenvalue weighted by Gasteiger charge is -2.28. The van der Waals surface area contributed by atoms with Crippen LogP contribution in [0.15, 0.2) is 12.1 Å². The van der Waals surface area contributed by atoms with Gasteiger partial charge in [0.2, 0.25) is 5.95 Å². The summed E-state index contributed by atoms with van der Waals surface area (Å²) < 4.78 is 5.82. The first-order chi connectivity index (χ1) is 14.5. The Balaban J connectivity index is 1.68. The first-order valence-corrected chi connectivity index (χ1v) is 10.7. The molecule has 0 unspecified atom stereocenters. The minimum absolute atomic E-state index is 0.00451. The molecule has 0 atom stereocenters. The zero-order chi connectivity index (χ0) is 21.3. The SMILES string of the molecule is Nc1nc2c(c(-c3c(Cl)cc(Cl)cc3OCCCO)n1)CN(C(=O)NC1CCC1)C2. The maximum Gasteiger partial charge on any atom is 0.318 e. The summed E-state index contributed by atoms with van der Waals surface area (Å²) in [6.07, 6.45) is 3.63. The lowest BCUT2D eigenvalue weighted by molar-refractivity contribution is 0.186. The third-order valence-electron chi connectivity index (χ3n) is 5.34. The number of fused-ring (bicyclic) bond motifs is 1. The van der Waals surface area contributed by atoms with Crippen molar-refractivity contribution in [3.8, 4) is 17.0 Å². The van der Waals surface area contributed by atoms with Gasteiger partial charge in [-0.05, 0) is 31.4 Å². The van der Waals surface area contributed by atoms with E-state index >= 15 is 0 Å². The summed E-state index contributed by atoms with van der Waals surface area (Å²) in [6, 6.07) is 3.39. The van der Waals surface area contributed by atoms with Gasteiger partial charge in [0.1, 0.15) is 5.75 Å². The number of rotatable bonds is 6. The highest BCUT2D eigenvalue weighted by Crippen LogP contribution is 2.42. The number of carbonyl (C=O) groups is 1. The monoisotopic (exact) mass is 451 g/mol. The quantitative estimate of drug-likeness (QED) is 0.580. The lowest BCUT2D eigenvalue weighted by atomic mass is 9.93. The van der Waals surface area contributed by atoms with Gasteiger partial charge in [-0.2, -0.15) is 0 Å². The minimum Gasteiger partial charge on any atom is -0.493 e. The maximum atomic E-state index is 12.6. The molecule has 1 fully saturated rings. The van der Waals surface area contributed by atoms with E-state index in [0.29, 0.717) is 58.9 Å². The number of aromatic nitrogens is 2. The molecule has 0 bridgehead atoms. The van der Waals surface area contributed by atoms with Crippen molar-refractivity contribution in [2.45, 2.75) is 44.8 Å². The average Bonchev–Trinajstić information content (AvgIpc) is 3.08. The molecule has 1 aromatic carbocycles. The predicted octanol–water partition coefficient (Wildman–Crippen LogP) is 3.37. The topological polar surface area (TPSA) is 114 Å². The molecule has 2 amide bonds. The van der Waals surface area contributed by atoms with Crippen molar-refractivity contribution in [1.82, 2.24) is 20.2 Å². The van der Waals surface area contributed by atoms with Crippen LogP contribution < -0.4 is 15.8 Å². The number of hydrogen-bond donors (Lipinski definition) is 3. The second-order valence-electron chi connectivity index (χ2n) is 7.48. The van der Waals surface area contributed by atoms with Crippen molar-refractivity contribution in [1.29, 1.82) is 0 Å². The van der Waals surface area contributed by atoms with Gasteiger partial charge in [-0.1, -0.05) is 23.2 Å². The molecule has 0 radical (unpaired) electrons. The molecule has 4 N–H and O–H groups in total. The van der Waals surface area contributed by atoms with Crippen molar-refractivity contribution < 1.29 is 14.6 Å². The Bertz CT molecular complexity index is 968. The van der Waals surface area contributed by atoms with E-state index in [1.54, 1.807) is 17.0 Å². The number of hydrogen-bond acceptors (Lipinski definition) is 6. The number of amides is 2. The van der Waals surface area contributed by atoms with Gasteiger partial charge in [-0.15, -0.1) is 0 Å². The molecule has 1 aliphatic heterocycles. The van der Waals surface area contributed by atoms with Crippen LogP contribution in [0.1, 0.15) is 36.9 Å². The number of urea groups is 1. The van der Waals surface area contributed by atoms with Gasteiger partial charge in [-0.3, -0.25) is 0 Å². The number of nitrogen functional groups attached to an aromatic ring is 1. The van der Waals surface area contributed by atoms with Crippen LogP contribution in [0.25, 0.3) is 11.3 Å². The number of nitrogens with one attached hydrogen (secondary N) is 1. The Morgan fingerprint density at radius 3 is 2.80 bits per heavy atom. The molecule has 160 valence electrons. The second kappa shape index (κ2) is 8.83. The molecule has 1 aliphatic carbocycles. The van der Waals surface area contributed by atoms with Crippen LogP contribution in [0.4, 0.5) is 10.7 Å². The predicted molar refractivity (Wildman–Crippen MR) is 115 cm³/mol. The molecule has 1 saturated carbocycles. The van der Waals surface area contributed by atoms with Crippen LogP contribution in [-0.4, -0.2) is 45.3 Å². The average molecular weight is 452 g/mol. The molecule has 0 saturated heterocycles. The van der Waals surface area contributed by atoms with E-state index in [-0.39, 0.29) is 24.6 Å². The standard InChI is InChI=1S/C20H23Cl2N5O3/c21-11-7-14(22)17(16(8-11)30-6-2-5-28)18-13-9-27(10-15(13)25-19(23)26-18)20(29)24-12-3-1-4-12/h7-8,12,28H,1-6,9-10H2,(H,24,29)(H2,23,25,26). The summed E-state index contributed by atoms with van der Waals surface area (Å²) in [4.78, 5) is 23.1. The number of ether oxygens (including phenoxy) is 1. The number of halogens is 2. The summed E-state index contributed by atoms with van der Waals surface area (Å²) in [5.74, 6) is 0.538. The van der Waals surface area contributed by atoms with Crippen LogP contribution >= 0.6 is 23.2 Å². The van der Waals surface area contributed by atoms with Crippen molar-refractivity contribution in [3.63, 3.8) is 0 Å². The van der Waals surface area contributed by atoms with Gasteiger partial charge in [0, 0.05) is 29.7 Å². The summed E-state index contributed by atoms with van der Waals surface area (Å²) in [6.45, 7) is 0.988. The number of benzene rings is 1. The molecule has 8 nitrogen and oxygen atoms in total. The Kier molecular flexibility index (Phi) is 6.17. The number of aliphatic hydroxyl groups is 1. The summed E-state index contributed by atoms with van der Waals surface area (Å²) in [5, 5.41) is 12.9. The van der Waals surface area contributed by atoms with Crippen LogP contribution in [0.2, 0.25) is 10.0 Å². The summed E-state index contributed by atoms with van der Waals surface area (Å²) >= 11 is 12.7. The molecule has 2 heterocycles. The molecule has 1 aromatic heterocycles. The molecular weight excluding hydrogens is 429 g/mol. The Morgan fingerprint density at radius 1 is 1.30 bits per heavy atom. The third-order valence-corrected chi connectivity index (χ3v) is 5.85. The van der Waals surface area contributed by atoms with E-state index in [9.17, 15) is 4.79 Å². The molecule has 4 rings (SSSR count). The van der Waals surface area contributed by atoms with E-state index in [1.807, 2.05) is 0 Å². The molecule has 0 spiro atoms. The first-order valence-electron chi connectivity index (χ1n) is 9.90. The highest BCUT2D eigenvalue weighted by molar-refractivity contribution is 6.37. The van der Waals surface area contributed by atoms with Gasteiger partial charge in [0.15, 0.2) is 0 Å². The fraction of sp³-hybridized carbons (Fsp3) is 0.450. The van der Waals surface area contributed by atoms with Crippen LogP contribution in [0.5, 0.6) is 5.75 Å². The molecular formula is C20H23Cl2N5O3. The van der Waals surface area contributed by atoms with Gasteiger partial charge in [-0.25, -0.2) is 14.8 Å². The van der Waals surface area contributed by atoms with Gasteiger partial charge < -0.3 is 25.8 Å². The van der Waals surface area contributed by atoms with E-state index in [0.717, 1.165) is 24.8 Å². The Labute approximate surface area is 184 Å². The fourth-order valence-electron chi connectivity index (χ4n) is 3.58. The lowest BCUT2D eigenvalue weighted by Crippen LogP contribution is -2.45. The van der Waals surface area contributed by atoms with Crippen LogP contribution in [0, 0.1) is 0 Å². The Hall–Kier alpha value is -2.29. The fourth-order valence-corrected chi connectivity index (χ4v) is 4.15. The largest absolute Gasteiger partial charge is 0.493 e. The molecule has 2 aromatic rings. The zero-order valence-corrected chi connectivity index (χ0v) is 17.8. The van der Waals surface area contributed by atoms with Crippen molar-refractivity contribution in [2.75, 3.05) is 18.9 Å². The highest BCUT2D eigenvalue weighted by atomic mass is 35.5. The highest BCUT2D eigenvalue weighted by Gasteiger charge is 2.32.